The van der Waals surface area contributed by atoms with Crippen molar-refractivity contribution in [3.8, 4) is 5.75 Å². The minimum absolute atomic E-state index is 0.0111. The molecule has 0 aliphatic heterocycles. The van der Waals surface area contributed by atoms with Gasteiger partial charge in [0.25, 0.3) is 5.69 Å². The van der Waals surface area contributed by atoms with Gasteiger partial charge in [0.15, 0.2) is 0 Å². The van der Waals surface area contributed by atoms with Gasteiger partial charge in [-0.25, -0.2) is 8.42 Å². The Labute approximate surface area is 249 Å². The molecule has 1 saturated carbocycles. The average molecular weight is 630 g/mol. The highest BCUT2D eigenvalue weighted by atomic mass is 35.5. The predicted octanol–water partition coefficient (Wildman–Crippen LogP) is 4.93. The van der Waals surface area contributed by atoms with E-state index in [-0.39, 0.29) is 47.1 Å². The zero-order valence-electron chi connectivity index (χ0n) is 23.1. The molecule has 2 aromatic carbocycles. The minimum atomic E-state index is -4.14. The van der Waals surface area contributed by atoms with E-state index >= 15 is 0 Å². The topological polar surface area (TPSA) is 139 Å². The highest BCUT2D eigenvalue weighted by Crippen LogP contribution is 2.34. The second-order valence-electron chi connectivity index (χ2n) is 9.91. The molecule has 1 aliphatic carbocycles. The zero-order chi connectivity index (χ0) is 30.3. The number of hydrogen-bond donors (Lipinski definition) is 1. The van der Waals surface area contributed by atoms with Crippen LogP contribution in [0, 0.1) is 10.1 Å². The number of carbonyl (C=O) groups excluding carboxylic acids is 2. The first kappa shape index (κ1) is 32.4. The summed E-state index contributed by atoms with van der Waals surface area (Å²) in [6.45, 7) is 0.913. The number of non-ortho nitro benzene ring substituents is 1. The number of nitro benzene ring substituents is 1. The van der Waals surface area contributed by atoms with Gasteiger partial charge >= 0.3 is 0 Å². The van der Waals surface area contributed by atoms with Crippen molar-refractivity contribution in [3.63, 3.8) is 0 Å². The fourth-order valence-electron chi connectivity index (χ4n) is 4.88. The van der Waals surface area contributed by atoms with Gasteiger partial charge in [0.2, 0.25) is 21.8 Å². The summed E-state index contributed by atoms with van der Waals surface area (Å²) in [4.78, 5) is 39.5. The second-order valence-corrected chi connectivity index (χ2v) is 12.7. The van der Waals surface area contributed by atoms with Crippen LogP contribution in [0.5, 0.6) is 5.75 Å². The van der Waals surface area contributed by atoms with E-state index in [0.717, 1.165) is 48.7 Å². The van der Waals surface area contributed by atoms with Crippen molar-refractivity contribution in [1.82, 2.24) is 10.2 Å². The molecule has 0 bridgehead atoms. The number of benzene rings is 2. The Kier molecular flexibility index (Phi) is 11.2. The lowest BCUT2D eigenvalue weighted by molar-refractivity contribution is -0.384. The molecule has 0 saturated heterocycles. The number of nitro groups is 1. The molecule has 224 valence electrons. The van der Waals surface area contributed by atoms with Gasteiger partial charge in [-0.3, -0.25) is 24.0 Å². The van der Waals surface area contributed by atoms with Crippen LogP contribution < -0.4 is 14.4 Å². The molecule has 2 aromatic rings. The third-order valence-electron chi connectivity index (χ3n) is 7.01. The molecule has 0 radical (unpaired) electrons. The molecule has 0 aromatic heterocycles. The Bertz CT molecular complexity index is 1380. The molecule has 0 spiro atoms. The van der Waals surface area contributed by atoms with E-state index in [1.54, 1.807) is 19.1 Å². The van der Waals surface area contributed by atoms with Gasteiger partial charge in [-0.15, -0.1) is 0 Å². The molecule has 1 aliphatic rings. The smallest absolute Gasteiger partial charge is 0.271 e. The monoisotopic (exact) mass is 628 g/mol. The fourth-order valence-corrected chi connectivity index (χ4v) is 6.19. The number of amides is 2. The number of hydrogen-bond acceptors (Lipinski definition) is 7. The number of carbonyl (C=O) groups is 2. The highest BCUT2D eigenvalue weighted by molar-refractivity contribution is 7.92. The third kappa shape index (κ3) is 8.46. The average Bonchev–Trinajstić information content (AvgIpc) is 2.92. The lowest BCUT2D eigenvalue weighted by Crippen LogP contribution is -2.54. The maximum Gasteiger partial charge on any atom is 0.271 e. The number of rotatable bonds is 12. The molecule has 2 amide bonds. The lowest BCUT2D eigenvalue weighted by Gasteiger charge is -2.34. The SMILES string of the molecule is CC[C@@H](C(=O)NC1CCCCC1)N(Cc1ccc(Cl)cc1Cl)C(=O)CN(c1cc([N+](=O)[O-])ccc1OC)S(C)(=O)=O. The number of nitrogens with one attached hydrogen (secondary N) is 1. The van der Waals surface area contributed by atoms with Gasteiger partial charge in [-0.05, 0) is 43.0 Å². The maximum atomic E-state index is 14.0. The van der Waals surface area contributed by atoms with Crippen LogP contribution >= 0.6 is 23.2 Å². The van der Waals surface area contributed by atoms with Crippen molar-refractivity contribution >= 4 is 56.4 Å². The van der Waals surface area contributed by atoms with Crippen LogP contribution in [0.3, 0.4) is 0 Å². The quantitative estimate of drug-likeness (QED) is 0.259. The van der Waals surface area contributed by atoms with Crippen molar-refractivity contribution < 1.29 is 27.7 Å². The number of ether oxygens (including phenoxy) is 1. The number of sulfonamides is 1. The maximum absolute atomic E-state index is 14.0. The van der Waals surface area contributed by atoms with Crippen LogP contribution in [0.4, 0.5) is 11.4 Å². The number of anilines is 1. The first-order valence-corrected chi connectivity index (χ1v) is 15.8. The van der Waals surface area contributed by atoms with E-state index in [2.05, 4.69) is 5.32 Å². The van der Waals surface area contributed by atoms with Crippen LogP contribution in [0.25, 0.3) is 0 Å². The molecule has 11 nitrogen and oxygen atoms in total. The van der Waals surface area contributed by atoms with E-state index in [1.807, 2.05) is 0 Å². The molecule has 14 heteroatoms. The van der Waals surface area contributed by atoms with E-state index in [4.69, 9.17) is 27.9 Å². The second kappa shape index (κ2) is 14.2. The molecule has 1 N–H and O–H groups in total. The molecular formula is C27H34Cl2N4O7S. The van der Waals surface area contributed by atoms with E-state index in [1.165, 1.54) is 30.2 Å². The number of nitrogens with zero attached hydrogens (tertiary/aromatic N) is 3. The van der Waals surface area contributed by atoms with Gasteiger partial charge < -0.3 is 15.0 Å². The Morgan fingerprint density at radius 3 is 2.39 bits per heavy atom. The normalized spacial score (nSPS) is 14.7. The van der Waals surface area contributed by atoms with E-state index in [9.17, 15) is 28.1 Å². The Morgan fingerprint density at radius 1 is 1.15 bits per heavy atom. The summed E-state index contributed by atoms with van der Waals surface area (Å²) in [6.07, 6.45) is 5.91. The van der Waals surface area contributed by atoms with Crippen molar-refractivity contribution in [3.05, 3.63) is 62.1 Å². The van der Waals surface area contributed by atoms with Crippen LogP contribution in [-0.4, -0.2) is 62.0 Å². The molecule has 0 heterocycles. The standard InChI is InChI=1S/C27H34Cl2N4O7S/c1-4-23(27(35)30-20-8-6-5-7-9-20)31(16-18-10-11-19(28)14-22(18)29)26(34)17-32(41(3,38)39)24-15-21(33(36)37)12-13-25(24)40-2/h10-15,20,23H,4-9,16-17H2,1-3H3,(H,30,35)/t23-/m0/s1. The van der Waals surface area contributed by atoms with E-state index in [0.29, 0.717) is 10.6 Å². The number of methoxy groups -OCH3 is 1. The van der Waals surface area contributed by atoms with Crippen molar-refractivity contribution in [2.24, 2.45) is 0 Å². The highest BCUT2D eigenvalue weighted by Gasteiger charge is 2.34. The molecule has 41 heavy (non-hydrogen) atoms. The lowest BCUT2D eigenvalue weighted by atomic mass is 9.95. The summed E-state index contributed by atoms with van der Waals surface area (Å²) >= 11 is 12.5. The predicted molar refractivity (Wildman–Crippen MR) is 158 cm³/mol. The van der Waals surface area contributed by atoms with Crippen LogP contribution in [0.2, 0.25) is 10.0 Å². The van der Waals surface area contributed by atoms with Crippen LogP contribution in [0.15, 0.2) is 36.4 Å². The molecule has 1 fully saturated rings. The largest absolute Gasteiger partial charge is 0.495 e. The summed E-state index contributed by atoms with van der Waals surface area (Å²) in [5.74, 6) is -1.04. The van der Waals surface area contributed by atoms with Crippen LogP contribution in [0.1, 0.15) is 51.0 Å². The van der Waals surface area contributed by atoms with Gasteiger partial charge in [0.1, 0.15) is 24.0 Å². The summed E-state index contributed by atoms with van der Waals surface area (Å²) in [5, 5.41) is 15.2. The molecule has 0 unspecified atom stereocenters. The van der Waals surface area contributed by atoms with Crippen molar-refractivity contribution in [2.45, 2.75) is 64.1 Å². The van der Waals surface area contributed by atoms with Gasteiger partial charge in [-0.2, -0.15) is 0 Å². The van der Waals surface area contributed by atoms with E-state index < -0.39 is 33.4 Å². The van der Waals surface area contributed by atoms with Gasteiger partial charge in [0, 0.05) is 34.8 Å². The fraction of sp³-hybridized carbons (Fsp3) is 0.481. The first-order chi connectivity index (χ1) is 19.3. The minimum Gasteiger partial charge on any atom is -0.495 e. The Balaban J connectivity index is 2.02. The van der Waals surface area contributed by atoms with Gasteiger partial charge in [0.05, 0.1) is 18.3 Å². The molecule has 1 atom stereocenters. The van der Waals surface area contributed by atoms with Crippen molar-refractivity contribution in [2.75, 3.05) is 24.2 Å². The van der Waals surface area contributed by atoms with Crippen molar-refractivity contribution in [1.29, 1.82) is 0 Å². The van der Waals surface area contributed by atoms with Crippen LogP contribution in [-0.2, 0) is 26.2 Å². The first-order valence-electron chi connectivity index (χ1n) is 13.2. The Hall–Kier alpha value is -3.09. The summed E-state index contributed by atoms with van der Waals surface area (Å²) in [7, 11) is -2.86. The van der Waals surface area contributed by atoms with Gasteiger partial charge in [-0.1, -0.05) is 55.5 Å². The summed E-state index contributed by atoms with van der Waals surface area (Å²) < 4.78 is 31.9. The Morgan fingerprint density at radius 2 is 1.83 bits per heavy atom. The molecular weight excluding hydrogens is 595 g/mol. The number of halogens is 2. The third-order valence-corrected chi connectivity index (χ3v) is 8.73. The zero-order valence-corrected chi connectivity index (χ0v) is 25.5. The molecule has 3 rings (SSSR count). The summed E-state index contributed by atoms with van der Waals surface area (Å²) in [5.41, 5.74) is -0.0566. The summed E-state index contributed by atoms with van der Waals surface area (Å²) in [6, 6.07) is 7.25.